The molecule has 0 amide bonds. The molecule has 0 fully saturated rings. The van der Waals surface area contributed by atoms with Crippen LogP contribution in [0.25, 0.3) is 0 Å². The summed E-state index contributed by atoms with van der Waals surface area (Å²) in [5.74, 6) is 0.599. The molecule has 0 aliphatic rings. The molecule has 0 aliphatic heterocycles. The number of hydrogen-bond acceptors (Lipinski definition) is 3. The van der Waals surface area contributed by atoms with Crippen LogP contribution in [-0.4, -0.2) is 27.1 Å². The van der Waals surface area contributed by atoms with Crippen molar-refractivity contribution in [1.82, 2.24) is 20.3 Å². The smallest absolute Gasteiger partial charge is 0.0725 e. The molecule has 4 nitrogen and oxygen atoms in total. The molecule has 86 valence electrons. The van der Waals surface area contributed by atoms with Gasteiger partial charge in [0.15, 0.2) is 0 Å². The summed E-state index contributed by atoms with van der Waals surface area (Å²) < 4.78 is 1.84. The zero-order chi connectivity index (χ0) is 11.5. The lowest BCUT2D eigenvalue weighted by Crippen LogP contribution is -2.39. The molecule has 0 saturated carbocycles. The summed E-state index contributed by atoms with van der Waals surface area (Å²) in [5, 5.41) is 11.3. The average Bonchev–Trinajstić information content (AvgIpc) is 2.47. The second-order valence-electron chi connectivity index (χ2n) is 5.29. The SMILES string of the molecule is CC(CNC(C)(C)C)Cc1cnnn1C. The summed E-state index contributed by atoms with van der Waals surface area (Å²) in [6.07, 6.45) is 2.86. The van der Waals surface area contributed by atoms with Gasteiger partial charge in [-0.3, -0.25) is 4.68 Å². The Labute approximate surface area is 92.1 Å². The fourth-order valence-corrected chi connectivity index (χ4v) is 1.41. The van der Waals surface area contributed by atoms with E-state index in [9.17, 15) is 0 Å². The topological polar surface area (TPSA) is 42.7 Å². The number of nitrogens with zero attached hydrogens (tertiary/aromatic N) is 3. The van der Waals surface area contributed by atoms with Crippen molar-refractivity contribution in [3.05, 3.63) is 11.9 Å². The van der Waals surface area contributed by atoms with Gasteiger partial charge in [-0.1, -0.05) is 12.1 Å². The van der Waals surface area contributed by atoms with Gasteiger partial charge in [0.1, 0.15) is 0 Å². The van der Waals surface area contributed by atoms with E-state index in [0.29, 0.717) is 5.92 Å². The van der Waals surface area contributed by atoms with Crippen LogP contribution in [0.4, 0.5) is 0 Å². The highest BCUT2D eigenvalue weighted by Gasteiger charge is 2.12. The first kappa shape index (κ1) is 12.2. The number of aryl methyl sites for hydroxylation is 1. The molecular weight excluding hydrogens is 188 g/mol. The van der Waals surface area contributed by atoms with Crippen LogP contribution >= 0.6 is 0 Å². The Bertz CT molecular complexity index is 298. The van der Waals surface area contributed by atoms with Crippen LogP contribution < -0.4 is 5.32 Å². The fraction of sp³-hybridized carbons (Fsp3) is 0.818. The molecule has 0 saturated heterocycles. The summed E-state index contributed by atoms with van der Waals surface area (Å²) >= 11 is 0. The largest absolute Gasteiger partial charge is 0.312 e. The van der Waals surface area contributed by atoms with Crippen molar-refractivity contribution in [1.29, 1.82) is 0 Å². The van der Waals surface area contributed by atoms with E-state index in [-0.39, 0.29) is 5.54 Å². The fourth-order valence-electron chi connectivity index (χ4n) is 1.41. The predicted octanol–water partition coefficient (Wildman–Crippen LogP) is 1.38. The number of nitrogens with one attached hydrogen (secondary N) is 1. The summed E-state index contributed by atoms with van der Waals surface area (Å²) in [7, 11) is 1.94. The first-order chi connectivity index (χ1) is 6.88. The van der Waals surface area contributed by atoms with Gasteiger partial charge in [0.05, 0.1) is 11.9 Å². The maximum Gasteiger partial charge on any atom is 0.0725 e. The third-order valence-corrected chi connectivity index (χ3v) is 2.35. The minimum Gasteiger partial charge on any atom is -0.312 e. The summed E-state index contributed by atoms with van der Waals surface area (Å²) in [4.78, 5) is 0. The molecule has 1 aromatic rings. The molecule has 1 N–H and O–H groups in total. The van der Waals surface area contributed by atoms with E-state index in [1.54, 1.807) is 0 Å². The van der Waals surface area contributed by atoms with Crippen molar-refractivity contribution >= 4 is 0 Å². The van der Waals surface area contributed by atoms with E-state index in [0.717, 1.165) is 13.0 Å². The lowest BCUT2D eigenvalue weighted by molar-refractivity contribution is 0.378. The van der Waals surface area contributed by atoms with Crippen LogP contribution in [0.3, 0.4) is 0 Å². The third-order valence-electron chi connectivity index (χ3n) is 2.35. The lowest BCUT2D eigenvalue weighted by atomic mass is 10.0. The number of rotatable bonds is 4. The van der Waals surface area contributed by atoms with Gasteiger partial charge in [0.25, 0.3) is 0 Å². The molecule has 0 aromatic carbocycles. The molecule has 1 rings (SSSR count). The Morgan fingerprint density at radius 3 is 2.60 bits per heavy atom. The number of hydrogen-bond donors (Lipinski definition) is 1. The normalized spacial score (nSPS) is 14.2. The van der Waals surface area contributed by atoms with E-state index < -0.39 is 0 Å². The van der Waals surface area contributed by atoms with E-state index in [2.05, 4.69) is 43.3 Å². The Kier molecular flexibility index (Phi) is 3.85. The van der Waals surface area contributed by atoms with Gasteiger partial charge in [-0.15, -0.1) is 5.10 Å². The third kappa shape index (κ3) is 4.42. The highest BCUT2D eigenvalue weighted by atomic mass is 15.4. The first-order valence-corrected chi connectivity index (χ1v) is 5.47. The predicted molar refractivity (Wildman–Crippen MR) is 61.6 cm³/mol. The van der Waals surface area contributed by atoms with Gasteiger partial charge in [-0.05, 0) is 39.7 Å². The molecule has 1 atom stereocenters. The molecule has 0 bridgehead atoms. The molecule has 1 heterocycles. The van der Waals surface area contributed by atoms with E-state index >= 15 is 0 Å². The summed E-state index contributed by atoms with van der Waals surface area (Å²) in [6, 6.07) is 0. The van der Waals surface area contributed by atoms with Gasteiger partial charge in [0, 0.05) is 12.6 Å². The zero-order valence-electron chi connectivity index (χ0n) is 10.4. The van der Waals surface area contributed by atoms with Crippen LogP contribution in [0.15, 0.2) is 6.20 Å². The van der Waals surface area contributed by atoms with Gasteiger partial charge in [0.2, 0.25) is 0 Å². The molecule has 15 heavy (non-hydrogen) atoms. The Morgan fingerprint density at radius 2 is 2.13 bits per heavy atom. The van der Waals surface area contributed by atoms with Crippen LogP contribution in [0.1, 0.15) is 33.4 Å². The maximum absolute atomic E-state index is 3.92. The van der Waals surface area contributed by atoms with Crippen molar-refractivity contribution in [2.24, 2.45) is 13.0 Å². The Hall–Kier alpha value is -0.900. The molecule has 0 spiro atoms. The molecule has 0 aliphatic carbocycles. The Morgan fingerprint density at radius 1 is 1.47 bits per heavy atom. The van der Waals surface area contributed by atoms with Crippen molar-refractivity contribution in [2.45, 2.75) is 39.7 Å². The molecule has 0 radical (unpaired) electrons. The zero-order valence-corrected chi connectivity index (χ0v) is 10.4. The Balaban J connectivity index is 2.37. The first-order valence-electron chi connectivity index (χ1n) is 5.47. The minimum atomic E-state index is 0.193. The molecule has 1 unspecified atom stereocenters. The van der Waals surface area contributed by atoms with Crippen LogP contribution in [0, 0.1) is 5.92 Å². The second kappa shape index (κ2) is 4.75. The van der Waals surface area contributed by atoms with Crippen LogP contribution in [0.2, 0.25) is 0 Å². The van der Waals surface area contributed by atoms with Crippen molar-refractivity contribution in [3.8, 4) is 0 Å². The van der Waals surface area contributed by atoms with Crippen LogP contribution in [-0.2, 0) is 13.5 Å². The summed E-state index contributed by atoms with van der Waals surface area (Å²) in [5.41, 5.74) is 1.39. The summed E-state index contributed by atoms with van der Waals surface area (Å²) in [6.45, 7) is 9.82. The molecular formula is C11H22N4. The van der Waals surface area contributed by atoms with Gasteiger partial charge in [-0.2, -0.15) is 0 Å². The monoisotopic (exact) mass is 210 g/mol. The highest BCUT2D eigenvalue weighted by molar-refractivity contribution is 4.94. The van der Waals surface area contributed by atoms with E-state index in [1.165, 1.54) is 5.69 Å². The van der Waals surface area contributed by atoms with E-state index in [4.69, 9.17) is 0 Å². The second-order valence-corrected chi connectivity index (χ2v) is 5.29. The molecule has 1 aromatic heterocycles. The van der Waals surface area contributed by atoms with Crippen LogP contribution in [0.5, 0.6) is 0 Å². The van der Waals surface area contributed by atoms with Crippen molar-refractivity contribution in [2.75, 3.05) is 6.54 Å². The lowest BCUT2D eigenvalue weighted by Gasteiger charge is -2.23. The van der Waals surface area contributed by atoms with Gasteiger partial charge in [-0.25, -0.2) is 0 Å². The van der Waals surface area contributed by atoms with Gasteiger partial charge < -0.3 is 5.32 Å². The quantitative estimate of drug-likeness (QED) is 0.816. The van der Waals surface area contributed by atoms with Crippen molar-refractivity contribution in [3.63, 3.8) is 0 Å². The van der Waals surface area contributed by atoms with Crippen molar-refractivity contribution < 1.29 is 0 Å². The van der Waals surface area contributed by atoms with E-state index in [1.807, 2.05) is 17.9 Å². The standard InChI is InChI=1S/C11H22N4/c1-9(7-12-11(2,3)4)6-10-8-13-14-15(10)5/h8-9,12H,6-7H2,1-5H3. The average molecular weight is 210 g/mol. The van der Waals surface area contributed by atoms with Gasteiger partial charge >= 0.3 is 0 Å². The maximum atomic E-state index is 3.92. The highest BCUT2D eigenvalue weighted by Crippen LogP contribution is 2.07. The minimum absolute atomic E-state index is 0.193. The number of aromatic nitrogens is 3. The molecule has 4 heteroatoms.